The average Bonchev–Trinajstić information content (AvgIpc) is 3.00. The molecule has 0 saturated heterocycles. The van der Waals surface area contributed by atoms with Crippen LogP contribution in [0.15, 0.2) is 60.7 Å². The van der Waals surface area contributed by atoms with E-state index < -0.39 is 6.04 Å². The van der Waals surface area contributed by atoms with E-state index in [0.717, 1.165) is 23.1 Å². The van der Waals surface area contributed by atoms with Crippen LogP contribution < -0.4 is 10.6 Å². The van der Waals surface area contributed by atoms with Gasteiger partial charge in [-0.15, -0.1) is 0 Å². The number of benzene rings is 3. The maximum Gasteiger partial charge on any atom is 0.246 e. The van der Waals surface area contributed by atoms with Crippen molar-refractivity contribution < 1.29 is 4.79 Å². The standard InChI is InChI=1S/C23H21Cl2N3O/c1-3-28-21-7-5-4-6-19(21)20-13-17(8-9-22(20)28)27-23(29)14(2)26-18-11-15(24)10-16(25)12-18/h4-14,26H,3H2,1-2H3,(H,27,29)/t14-/m1/s1. The normalized spacial score (nSPS) is 12.3. The predicted octanol–water partition coefficient (Wildman–Crippen LogP) is 6.56. The fourth-order valence-corrected chi connectivity index (χ4v) is 4.20. The van der Waals surface area contributed by atoms with Gasteiger partial charge in [0.25, 0.3) is 0 Å². The highest BCUT2D eigenvalue weighted by Gasteiger charge is 2.15. The van der Waals surface area contributed by atoms with E-state index in [-0.39, 0.29) is 5.91 Å². The number of fused-ring (bicyclic) bond motifs is 3. The molecule has 0 unspecified atom stereocenters. The van der Waals surface area contributed by atoms with Crippen molar-refractivity contribution in [2.24, 2.45) is 0 Å². The van der Waals surface area contributed by atoms with Crippen LogP contribution >= 0.6 is 23.2 Å². The molecule has 0 fully saturated rings. The van der Waals surface area contributed by atoms with Crippen LogP contribution in [0.5, 0.6) is 0 Å². The second-order valence-corrected chi connectivity index (χ2v) is 7.88. The molecule has 1 amide bonds. The second-order valence-electron chi connectivity index (χ2n) is 7.01. The SMILES string of the molecule is CCn1c2ccccc2c2cc(NC(=O)[C@@H](C)Nc3cc(Cl)cc(Cl)c3)ccc21. The van der Waals surface area contributed by atoms with E-state index >= 15 is 0 Å². The Morgan fingerprint density at radius 2 is 1.62 bits per heavy atom. The molecule has 6 heteroatoms. The highest BCUT2D eigenvalue weighted by Crippen LogP contribution is 2.31. The van der Waals surface area contributed by atoms with Crippen molar-refractivity contribution in [3.8, 4) is 0 Å². The lowest BCUT2D eigenvalue weighted by Gasteiger charge is -2.16. The minimum Gasteiger partial charge on any atom is -0.374 e. The monoisotopic (exact) mass is 425 g/mol. The van der Waals surface area contributed by atoms with Crippen molar-refractivity contribution in [2.75, 3.05) is 10.6 Å². The Bertz CT molecular complexity index is 1200. The summed E-state index contributed by atoms with van der Waals surface area (Å²) in [6.45, 7) is 4.82. The van der Waals surface area contributed by atoms with Crippen LogP contribution in [-0.4, -0.2) is 16.5 Å². The zero-order valence-electron chi connectivity index (χ0n) is 16.2. The zero-order chi connectivity index (χ0) is 20.5. The summed E-state index contributed by atoms with van der Waals surface area (Å²) in [5.41, 5.74) is 3.82. The van der Waals surface area contributed by atoms with Crippen molar-refractivity contribution in [1.29, 1.82) is 0 Å². The molecular formula is C23H21Cl2N3O. The van der Waals surface area contributed by atoms with Gasteiger partial charge < -0.3 is 15.2 Å². The largest absolute Gasteiger partial charge is 0.374 e. The molecule has 4 aromatic rings. The first-order valence-electron chi connectivity index (χ1n) is 9.50. The molecule has 4 rings (SSSR count). The van der Waals surface area contributed by atoms with Crippen molar-refractivity contribution >= 4 is 62.3 Å². The molecule has 1 aromatic heterocycles. The minimum absolute atomic E-state index is 0.139. The zero-order valence-corrected chi connectivity index (χ0v) is 17.7. The third-order valence-electron chi connectivity index (χ3n) is 5.00. The number of nitrogens with zero attached hydrogens (tertiary/aromatic N) is 1. The summed E-state index contributed by atoms with van der Waals surface area (Å²) in [5, 5.41) is 9.48. The molecule has 0 bridgehead atoms. The minimum atomic E-state index is -0.461. The van der Waals surface area contributed by atoms with E-state index in [1.807, 2.05) is 24.3 Å². The Balaban J connectivity index is 1.58. The maximum atomic E-state index is 12.7. The highest BCUT2D eigenvalue weighted by atomic mass is 35.5. The Kier molecular flexibility index (Phi) is 5.39. The van der Waals surface area contributed by atoms with Gasteiger partial charge in [0.2, 0.25) is 5.91 Å². The molecule has 1 atom stereocenters. The lowest BCUT2D eigenvalue weighted by atomic mass is 10.1. The fraction of sp³-hybridized carbons (Fsp3) is 0.174. The lowest BCUT2D eigenvalue weighted by Crippen LogP contribution is -2.31. The number of hydrogen-bond acceptors (Lipinski definition) is 2. The van der Waals surface area contributed by atoms with Crippen LogP contribution in [0.2, 0.25) is 10.0 Å². The van der Waals surface area contributed by atoms with Crippen molar-refractivity contribution in [1.82, 2.24) is 4.57 Å². The maximum absolute atomic E-state index is 12.7. The fourth-order valence-electron chi connectivity index (χ4n) is 3.68. The van der Waals surface area contributed by atoms with Gasteiger partial charge in [-0.05, 0) is 56.3 Å². The van der Waals surface area contributed by atoms with Crippen LogP contribution in [0, 0.1) is 0 Å². The number of para-hydroxylation sites is 1. The summed E-state index contributed by atoms with van der Waals surface area (Å²) in [6, 6.07) is 19.0. The number of aromatic nitrogens is 1. The Morgan fingerprint density at radius 3 is 2.34 bits per heavy atom. The molecule has 148 valence electrons. The first kappa shape index (κ1) is 19.6. The topological polar surface area (TPSA) is 46.1 Å². The van der Waals surface area contributed by atoms with E-state index in [1.54, 1.807) is 25.1 Å². The van der Waals surface area contributed by atoms with Crippen molar-refractivity contribution in [3.63, 3.8) is 0 Å². The van der Waals surface area contributed by atoms with Crippen LogP contribution in [0.25, 0.3) is 21.8 Å². The predicted molar refractivity (Wildman–Crippen MR) is 123 cm³/mol. The van der Waals surface area contributed by atoms with Crippen molar-refractivity contribution in [3.05, 3.63) is 70.7 Å². The van der Waals surface area contributed by atoms with Crippen molar-refractivity contribution in [2.45, 2.75) is 26.4 Å². The number of carbonyl (C=O) groups is 1. The van der Waals surface area contributed by atoms with Crippen LogP contribution in [-0.2, 0) is 11.3 Å². The van der Waals surface area contributed by atoms with Crippen LogP contribution in [0.3, 0.4) is 0 Å². The van der Waals surface area contributed by atoms with Crippen LogP contribution in [0.1, 0.15) is 13.8 Å². The highest BCUT2D eigenvalue weighted by molar-refractivity contribution is 6.35. The van der Waals surface area contributed by atoms with Gasteiger partial charge >= 0.3 is 0 Å². The average molecular weight is 426 g/mol. The number of carbonyl (C=O) groups excluding carboxylic acids is 1. The molecule has 0 saturated carbocycles. The van der Waals surface area contributed by atoms with Crippen LogP contribution in [0.4, 0.5) is 11.4 Å². The van der Waals surface area contributed by atoms with Gasteiger partial charge in [0, 0.05) is 49.8 Å². The number of rotatable bonds is 5. The molecular weight excluding hydrogens is 405 g/mol. The number of anilines is 2. The third kappa shape index (κ3) is 3.91. The van der Waals surface area contributed by atoms with E-state index in [0.29, 0.717) is 15.7 Å². The first-order valence-corrected chi connectivity index (χ1v) is 10.3. The summed E-state index contributed by atoms with van der Waals surface area (Å²) >= 11 is 12.1. The number of aryl methyl sites for hydroxylation is 1. The Hall–Kier alpha value is -2.69. The number of hydrogen-bond donors (Lipinski definition) is 2. The van der Waals surface area contributed by atoms with Gasteiger partial charge in [-0.3, -0.25) is 4.79 Å². The van der Waals surface area contributed by atoms with E-state index in [4.69, 9.17) is 23.2 Å². The summed E-state index contributed by atoms with van der Waals surface area (Å²) in [7, 11) is 0. The molecule has 0 aliphatic heterocycles. The first-order chi connectivity index (χ1) is 14.0. The molecule has 2 N–H and O–H groups in total. The lowest BCUT2D eigenvalue weighted by molar-refractivity contribution is -0.116. The van der Waals surface area contributed by atoms with Gasteiger partial charge in [0.15, 0.2) is 0 Å². The van der Waals surface area contributed by atoms with E-state index in [1.165, 1.54) is 10.9 Å². The summed E-state index contributed by atoms with van der Waals surface area (Å²) < 4.78 is 2.28. The molecule has 29 heavy (non-hydrogen) atoms. The van der Waals surface area contributed by atoms with E-state index in [9.17, 15) is 4.79 Å². The molecule has 4 nitrogen and oxygen atoms in total. The van der Waals surface area contributed by atoms with Gasteiger partial charge in [-0.1, -0.05) is 41.4 Å². The smallest absolute Gasteiger partial charge is 0.246 e. The molecule has 0 aliphatic rings. The summed E-state index contributed by atoms with van der Waals surface area (Å²) in [5.74, 6) is -0.139. The summed E-state index contributed by atoms with van der Waals surface area (Å²) in [6.07, 6.45) is 0. The van der Waals surface area contributed by atoms with Gasteiger partial charge in [0.1, 0.15) is 6.04 Å². The molecule has 1 heterocycles. The molecule has 0 radical (unpaired) electrons. The van der Waals surface area contributed by atoms with E-state index in [2.05, 4.69) is 40.3 Å². The third-order valence-corrected chi connectivity index (χ3v) is 5.43. The quantitative estimate of drug-likeness (QED) is 0.380. The summed E-state index contributed by atoms with van der Waals surface area (Å²) in [4.78, 5) is 12.7. The molecule has 0 aliphatic carbocycles. The number of nitrogens with one attached hydrogen (secondary N) is 2. The van der Waals surface area contributed by atoms with Gasteiger partial charge in [0.05, 0.1) is 0 Å². The van der Waals surface area contributed by atoms with Gasteiger partial charge in [-0.2, -0.15) is 0 Å². The second kappa shape index (κ2) is 7.97. The number of amides is 1. The molecule has 3 aromatic carbocycles. The number of halogens is 2. The Morgan fingerprint density at radius 1 is 0.931 bits per heavy atom. The molecule has 0 spiro atoms. The van der Waals surface area contributed by atoms with Gasteiger partial charge in [-0.25, -0.2) is 0 Å². The Labute approximate surface area is 179 Å².